The fourth-order valence-electron chi connectivity index (χ4n) is 1.12. The van der Waals surface area contributed by atoms with E-state index in [0.29, 0.717) is 6.42 Å². The molecule has 0 aromatic rings. The smallest absolute Gasteiger partial charge is 0.262 e. The van der Waals surface area contributed by atoms with Crippen LogP contribution in [0.4, 0.5) is 17.6 Å². The molecule has 0 radical (unpaired) electrons. The van der Waals surface area contributed by atoms with Crippen molar-refractivity contribution in [3.63, 3.8) is 0 Å². The summed E-state index contributed by atoms with van der Waals surface area (Å²) in [5.41, 5.74) is 0. The second-order valence-electron chi connectivity index (χ2n) is 3.72. The average molecular weight is 280 g/mol. The van der Waals surface area contributed by atoms with Crippen molar-refractivity contribution in [2.24, 2.45) is 0 Å². The maximum absolute atomic E-state index is 12.6. The lowest BCUT2D eigenvalue weighted by Gasteiger charge is -2.18. The molecule has 17 heavy (non-hydrogen) atoms. The van der Waals surface area contributed by atoms with Crippen molar-refractivity contribution in [1.82, 2.24) is 0 Å². The Morgan fingerprint density at radius 1 is 1.24 bits per heavy atom. The van der Waals surface area contributed by atoms with Gasteiger partial charge >= 0.3 is 21.8 Å². The van der Waals surface area contributed by atoms with E-state index in [2.05, 4.69) is 4.18 Å². The van der Waals surface area contributed by atoms with Gasteiger partial charge in [-0.05, 0) is 13.3 Å². The first-order valence-electron chi connectivity index (χ1n) is 5.24. The topological polar surface area (TPSA) is 43.4 Å². The molecule has 0 saturated carbocycles. The molecular formula is C9H16F4O3S. The van der Waals surface area contributed by atoms with E-state index in [1.54, 1.807) is 0 Å². The monoisotopic (exact) mass is 280 g/mol. The van der Waals surface area contributed by atoms with Crippen LogP contribution < -0.4 is 0 Å². The molecule has 0 aromatic heterocycles. The van der Waals surface area contributed by atoms with E-state index in [0.717, 1.165) is 12.8 Å². The first-order chi connectivity index (χ1) is 7.65. The summed E-state index contributed by atoms with van der Waals surface area (Å²) in [4.78, 5) is 0. The molecule has 0 saturated heterocycles. The number of rotatable bonds is 8. The van der Waals surface area contributed by atoms with Crippen molar-refractivity contribution in [3.8, 4) is 0 Å². The molecule has 0 aliphatic rings. The molecule has 0 bridgehead atoms. The molecule has 0 amide bonds. The fraction of sp³-hybridized carbons (Fsp3) is 1.00. The van der Waals surface area contributed by atoms with Gasteiger partial charge in [0.1, 0.15) is 0 Å². The van der Waals surface area contributed by atoms with E-state index in [4.69, 9.17) is 0 Å². The van der Waals surface area contributed by atoms with E-state index in [1.807, 2.05) is 6.92 Å². The highest BCUT2D eigenvalue weighted by atomic mass is 32.2. The van der Waals surface area contributed by atoms with Gasteiger partial charge < -0.3 is 0 Å². The molecule has 0 spiro atoms. The minimum absolute atomic E-state index is 0.229. The third-order valence-electron chi connectivity index (χ3n) is 2.09. The van der Waals surface area contributed by atoms with Crippen LogP contribution in [0.25, 0.3) is 0 Å². The van der Waals surface area contributed by atoms with Crippen LogP contribution in [0.2, 0.25) is 0 Å². The van der Waals surface area contributed by atoms with Gasteiger partial charge in [-0.15, -0.1) is 0 Å². The number of hydrogen-bond acceptors (Lipinski definition) is 3. The molecule has 8 heteroatoms. The van der Waals surface area contributed by atoms with Crippen molar-refractivity contribution in [1.29, 1.82) is 0 Å². The second-order valence-corrected chi connectivity index (χ2v) is 5.36. The fourth-order valence-corrected chi connectivity index (χ4v) is 1.99. The van der Waals surface area contributed by atoms with Crippen molar-refractivity contribution < 1.29 is 30.2 Å². The van der Waals surface area contributed by atoms with Gasteiger partial charge in [-0.2, -0.15) is 17.2 Å². The number of alkyl halides is 4. The highest BCUT2D eigenvalue weighted by Gasteiger charge is 2.55. The average Bonchev–Trinajstić information content (AvgIpc) is 2.16. The van der Waals surface area contributed by atoms with E-state index in [-0.39, 0.29) is 6.42 Å². The van der Waals surface area contributed by atoms with E-state index < -0.39 is 27.9 Å². The molecule has 0 N–H and O–H groups in total. The van der Waals surface area contributed by atoms with Crippen molar-refractivity contribution in [2.75, 3.05) is 0 Å². The first kappa shape index (κ1) is 16.6. The van der Waals surface area contributed by atoms with E-state index in [1.165, 1.54) is 6.92 Å². The van der Waals surface area contributed by atoms with E-state index in [9.17, 15) is 26.0 Å². The third kappa shape index (κ3) is 4.79. The maximum atomic E-state index is 12.6. The van der Waals surface area contributed by atoms with Crippen LogP contribution in [0.3, 0.4) is 0 Å². The molecule has 0 aromatic carbocycles. The van der Waals surface area contributed by atoms with Gasteiger partial charge in [0.05, 0.1) is 6.10 Å². The van der Waals surface area contributed by atoms with Crippen molar-refractivity contribution >= 4 is 10.1 Å². The summed E-state index contributed by atoms with van der Waals surface area (Å²) in [6, 6.07) is 0. The summed E-state index contributed by atoms with van der Waals surface area (Å²) in [6.07, 6.45) is -2.85. The van der Waals surface area contributed by atoms with Crippen LogP contribution in [-0.4, -0.2) is 26.2 Å². The van der Waals surface area contributed by atoms with Gasteiger partial charge in [-0.1, -0.05) is 26.2 Å². The summed E-state index contributed by atoms with van der Waals surface area (Å²) in [5.74, 6) is 0. The van der Waals surface area contributed by atoms with Crippen molar-refractivity contribution in [3.05, 3.63) is 0 Å². The molecular weight excluding hydrogens is 264 g/mol. The Morgan fingerprint density at radius 2 is 1.76 bits per heavy atom. The van der Waals surface area contributed by atoms with Crippen molar-refractivity contribution in [2.45, 2.75) is 57.3 Å². The Hall–Kier alpha value is -0.370. The molecule has 0 fully saturated rings. The Bertz CT molecular complexity index is 316. The van der Waals surface area contributed by atoms with Gasteiger partial charge in [-0.25, -0.2) is 8.78 Å². The molecule has 1 atom stereocenters. The van der Waals surface area contributed by atoms with E-state index >= 15 is 0 Å². The molecule has 0 rings (SSSR count). The van der Waals surface area contributed by atoms with Crippen LogP contribution in [0.1, 0.15) is 39.5 Å². The predicted octanol–water partition coefficient (Wildman–Crippen LogP) is 3.16. The Morgan fingerprint density at radius 3 is 2.18 bits per heavy atom. The lowest BCUT2D eigenvalue weighted by Crippen LogP contribution is -2.39. The normalized spacial score (nSPS) is 15.2. The molecule has 104 valence electrons. The Kier molecular flexibility index (Phi) is 6.39. The Labute approximate surface area is 98.3 Å². The quantitative estimate of drug-likeness (QED) is 0.390. The SMILES string of the molecule is CCCCCC(C)OS(=O)(=O)C(F)(F)C(F)F. The molecule has 3 nitrogen and oxygen atoms in total. The summed E-state index contributed by atoms with van der Waals surface area (Å²) in [6.45, 7) is 3.17. The predicted molar refractivity (Wildman–Crippen MR) is 54.6 cm³/mol. The van der Waals surface area contributed by atoms with Crippen LogP contribution in [0, 0.1) is 0 Å². The zero-order chi connectivity index (χ0) is 13.7. The molecule has 0 heterocycles. The maximum Gasteiger partial charge on any atom is 0.428 e. The lowest BCUT2D eigenvalue weighted by atomic mass is 10.1. The van der Waals surface area contributed by atoms with Gasteiger partial charge in [0.25, 0.3) is 0 Å². The highest BCUT2D eigenvalue weighted by Crippen LogP contribution is 2.31. The molecule has 1 unspecified atom stereocenters. The minimum Gasteiger partial charge on any atom is -0.262 e. The zero-order valence-electron chi connectivity index (χ0n) is 9.63. The van der Waals surface area contributed by atoms with Gasteiger partial charge in [0, 0.05) is 0 Å². The summed E-state index contributed by atoms with van der Waals surface area (Å²) in [5, 5.41) is -5.16. The zero-order valence-corrected chi connectivity index (χ0v) is 10.4. The summed E-state index contributed by atoms with van der Waals surface area (Å²) in [7, 11) is -5.58. The highest BCUT2D eigenvalue weighted by molar-refractivity contribution is 7.87. The number of halogens is 4. The standard InChI is InChI=1S/C9H16F4O3S/c1-3-4-5-6-7(2)16-17(14,15)9(12,13)8(10)11/h7-8H,3-6H2,1-2H3. The van der Waals surface area contributed by atoms with Crippen LogP contribution in [0.5, 0.6) is 0 Å². The van der Waals surface area contributed by atoms with Gasteiger partial charge in [0.15, 0.2) is 0 Å². The lowest BCUT2D eigenvalue weighted by molar-refractivity contribution is -0.0726. The number of unbranched alkanes of at least 4 members (excludes halogenated alkanes) is 2. The van der Waals surface area contributed by atoms with Gasteiger partial charge in [-0.3, -0.25) is 4.18 Å². The van der Waals surface area contributed by atoms with Crippen LogP contribution in [0.15, 0.2) is 0 Å². The molecule has 0 aliphatic carbocycles. The first-order valence-corrected chi connectivity index (χ1v) is 6.64. The third-order valence-corrected chi connectivity index (χ3v) is 3.52. The summed E-state index contributed by atoms with van der Waals surface area (Å²) >= 11 is 0. The minimum atomic E-state index is -5.58. The van der Waals surface area contributed by atoms with Crippen LogP contribution in [-0.2, 0) is 14.3 Å². The second kappa shape index (κ2) is 6.53. The largest absolute Gasteiger partial charge is 0.428 e. The van der Waals surface area contributed by atoms with Crippen LogP contribution >= 0.6 is 0 Å². The Balaban J connectivity index is 4.45. The molecule has 0 aliphatic heterocycles. The number of hydrogen-bond donors (Lipinski definition) is 0. The van der Waals surface area contributed by atoms with Gasteiger partial charge in [0.2, 0.25) is 0 Å². The summed E-state index contributed by atoms with van der Waals surface area (Å²) < 4.78 is 74.8.